The van der Waals surface area contributed by atoms with Crippen LogP contribution in [0, 0.1) is 24.2 Å². The van der Waals surface area contributed by atoms with Crippen LogP contribution in [-0.4, -0.2) is 19.7 Å². The van der Waals surface area contributed by atoms with Crippen molar-refractivity contribution in [3.05, 3.63) is 64.2 Å². The van der Waals surface area contributed by atoms with Gasteiger partial charge in [-0.05, 0) is 61.2 Å². The van der Waals surface area contributed by atoms with Crippen LogP contribution in [0.5, 0.6) is 0 Å². The Morgan fingerprint density at radius 3 is 2.85 bits per heavy atom. The fourth-order valence-electron chi connectivity index (χ4n) is 4.32. The van der Waals surface area contributed by atoms with Crippen molar-refractivity contribution >= 4 is 11.7 Å². The molecule has 27 heavy (non-hydrogen) atoms. The Hall–Kier alpha value is -2.84. The van der Waals surface area contributed by atoms with E-state index in [0.29, 0.717) is 11.1 Å². The number of nitrogens with one attached hydrogen (secondary N) is 1. The quantitative estimate of drug-likeness (QED) is 0.807. The first kappa shape index (κ1) is 17.6. The van der Waals surface area contributed by atoms with Crippen LogP contribution in [-0.2, 0) is 9.47 Å². The van der Waals surface area contributed by atoms with Gasteiger partial charge in [0.05, 0.1) is 36.5 Å². The molecule has 2 aromatic carbocycles. The van der Waals surface area contributed by atoms with Crippen molar-refractivity contribution in [3.8, 4) is 6.07 Å². The van der Waals surface area contributed by atoms with Crippen molar-refractivity contribution in [1.82, 2.24) is 0 Å². The summed E-state index contributed by atoms with van der Waals surface area (Å²) in [6.07, 6.45) is 2.05. The van der Waals surface area contributed by atoms with Crippen LogP contribution < -0.4 is 5.32 Å². The lowest BCUT2D eigenvalue weighted by Crippen LogP contribution is -2.36. The van der Waals surface area contributed by atoms with Crippen molar-refractivity contribution in [2.24, 2.45) is 5.92 Å². The second-order valence-electron chi connectivity index (χ2n) is 7.20. The molecule has 138 valence electrons. The van der Waals surface area contributed by atoms with E-state index in [1.165, 1.54) is 7.11 Å². The van der Waals surface area contributed by atoms with Crippen LogP contribution in [0.2, 0.25) is 0 Å². The van der Waals surface area contributed by atoms with E-state index >= 15 is 0 Å². The smallest absolute Gasteiger partial charge is 0.337 e. The number of methoxy groups -OCH3 is 1. The van der Waals surface area contributed by atoms with Crippen LogP contribution in [0.3, 0.4) is 0 Å². The second kappa shape index (κ2) is 7.05. The number of carbonyl (C=O) groups excluding carboxylic acids is 1. The van der Waals surface area contributed by atoms with E-state index in [4.69, 9.17) is 9.47 Å². The molecule has 0 aromatic heterocycles. The number of aryl methyl sites for hydroxylation is 1. The van der Waals surface area contributed by atoms with Crippen LogP contribution >= 0.6 is 0 Å². The Morgan fingerprint density at radius 1 is 1.26 bits per heavy atom. The monoisotopic (exact) mass is 362 g/mol. The van der Waals surface area contributed by atoms with Crippen molar-refractivity contribution in [3.63, 3.8) is 0 Å². The van der Waals surface area contributed by atoms with E-state index in [1.807, 2.05) is 43.3 Å². The lowest BCUT2D eigenvalue weighted by atomic mass is 9.76. The van der Waals surface area contributed by atoms with E-state index in [1.54, 1.807) is 0 Å². The van der Waals surface area contributed by atoms with Crippen LogP contribution in [0.25, 0.3) is 0 Å². The predicted octanol–water partition coefficient (Wildman–Crippen LogP) is 4.29. The molecule has 5 nitrogen and oxygen atoms in total. The Kier molecular flexibility index (Phi) is 4.59. The Morgan fingerprint density at radius 2 is 2.11 bits per heavy atom. The summed E-state index contributed by atoms with van der Waals surface area (Å²) in [7, 11) is 1.39. The van der Waals surface area contributed by atoms with E-state index in [9.17, 15) is 10.1 Å². The maximum Gasteiger partial charge on any atom is 0.337 e. The standard InChI is InChI=1S/C22H22N2O3/c1-13-10-15(22(25)26-2)6-7-16(13)20-17-4-3-9-27-21(17)18-11-14(12-23)5-8-19(18)24-20/h5-8,10-11,17,20-21,24H,3-4,9H2,1-2H3/t17-,20-,21-/m1/s1. The highest BCUT2D eigenvalue weighted by atomic mass is 16.5. The average molecular weight is 362 g/mol. The SMILES string of the molecule is COC(=O)c1ccc([C@H]2Nc3ccc(C#N)cc3[C@@H]3OCCC[C@H]23)c(C)c1. The molecule has 1 saturated heterocycles. The van der Waals surface area contributed by atoms with E-state index in [2.05, 4.69) is 11.4 Å². The number of hydrogen-bond donors (Lipinski definition) is 1. The minimum atomic E-state index is -0.325. The first-order valence-electron chi connectivity index (χ1n) is 9.23. The van der Waals surface area contributed by atoms with Gasteiger partial charge in [0.25, 0.3) is 0 Å². The number of benzene rings is 2. The summed E-state index contributed by atoms with van der Waals surface area (Å²) in [6.45, 7) is 2.76. The van der Waals surface area contributed by atoms with Gasteiger partial charge in [-0.25, -0.2) is 4.79 Å². The van der Waals surface area contributed by atoms with Gasteiger partial charge in [0.15, 0.2) is 0 Å². The number of carbonyl (C=O) groups is 1. The predicted molar refractivity (Wildman–Crippen MR) is 101 cm³/mol. The molecule has 5 heteroatoms. The summed E-state index contributed by atoms with van der Waals surface area (Å²) >= 11 is 0. The molecule has 0 unspecified atom stereocenters. The normalized spacial score (nSPS) is 23.4. The lowest BCUT2D eigenvalue weighted by Gasteiger charge is -2.43. The Bertz CT molecular complexity index is 932. The van der Waals surface area contributed by atoms with E-state index < -0.39 is 0 Å². The van der Waals surface area contributed by atoms with Crippen LogP contribution in [0.4, 0.5) is 5.69 Å². The maximum atomic E-state index is 11.8. The summed E-state index contributed by atoms with van der Waals surface area (Å²) in [5.74, 6) is -0.0441. The largest absolute Gasteiger partial charge is 0.465 e. The zero-order valence-corrected chi connectivity index (χ0v) is 15.5. The minimum Gasteiger partial charge on any atom is -0.465 e. The summed E-state index contributed by atoms with van der Waals surface area (Å²) in [5, 5.41) is 12.9. The van der Waals surface area contributed by atoms with Crippen molar-refractivity contribution in [2.45, 2.75) is 31.9 Å². The van der Waals surface area contributed by atoms with E-state index in [-0.39, 0.29) is 24.0 Å². The number of hydrogen-bond acceptors (Lipinski definition) is 5. The molecule has 3 atom stereocenters. The minimum absolute atomic E-state index is 0.0204. The number of anilines is 1. The molecule has 0 aliphatic carbocycles. The zero-order chi connectivity index (χ0) is 19.0. The molecule has 2 aliphatic heterocycles. The molecule has 0 radical (unpaired) electrons. The third-order valence-electron chi connectivity index (χ3n) is 5.62. The molecule has 2 aromatic rings. The fraction of sp³-hybridized carbons (Fsp3) is 0.364. The molecule has 2 heterocycles. The number of ether oxygens (including phenoxy) is 2. The summed E-state index contributed by atoms with van der Waals surface area (Å²) in [6, 6.07) is 13.8. The third kappa shape index (κ3) is 3.07. The number of fused-ring (bicyclic) bond motifs is 3. The molecular formula is C22H22N2O3. The number of nitrogens with zero attached hydrogens (tertiary/aromatic N) is 1. The highest BCUT2D eigenvalue weighted by molar-refractivity contribution is 5.89. The first-order valence-corrected chi connectivity index (χ1v) is 9.23. The van der Waals surface area contributed by atoms with Crippen LogP contribution in [0.15, 0.2) is 36.4 Å². The maximum absolute atomic E-state index is 11.8. The van der Waals surface area contributed by atoms with E-state index in [0.717, 1.165) is 41.8 Å². The second-order valence-corrected chi connectivity index (χ2v) is 7.20. The lowest BCUT2D eigenvalue weighted by molar-refractivity contribution is -0.0382. The van der Waals surface area contributed by atoms with Gasteiger partial charge < -0.3 is 14.8 Å². The van der Waals surface area contributed by atoms with Crippen molar-refractivity contribution in [1.29, 1.82) is 5.26 Å². The van der Waals surface area contributed by atoms with Gasteiger partial charge in [-0.15, -0.1) is 0 Å². The van der Waals surface area contributed by atoms with Gasteiger partial charge in [-0.2, -0.15) is 5.26 Å². The summed E-state index contributed by atoms with van der Waals surface area (Å²) in [4.78, 5) is 11.8. The molecule has 2 aliphatic rings. The molecule has 0 spiro atoms. The van der Waals surface area contributed by atoms with Crippen molar-refractivity contribution < 1.29 is 14.3 Å². The highest BCUT2D eigenvalue weighted by Gasteiger charge is 2.40. The molecule has 0 saturated carbocycles. The summed E-state index contributed by atoms with van der Waals surface area (Å²) in [5.41, 5.74) is 5.51. The first-order chi connectivity index (χ1) is 13.1. The molecule has 1 fully saturated rings. The van der Waals surface area contributed by atoms with Gasteiger partial charge in [-0.1, -0.05) is 6.07 Å². The average Bonchev–Trinajstić information content (AvgIpc) is 2.72. The molecule has 4 rings (SSSR count). The number of rotatable bonds is 2. The van der Waals surface area contributed by atoms with Crippen molar-refractivity contribution in [2.75, 3.05) is 19.0 Å². The molecular weight excluding hydrogens is 340 g/mol. The number of nitriles is 1. The molecule has 0 bridgehead atoms. The highest BCUT2D eigenvalue weighted by Crippen LogP contribution is 2.49. The zero-order valence-electron chi connectivity index (χ0n) is 15.5. The number of esters is 1. The Labute approximate surface area is 158 Å². The Balaban J connectivity index is 1.75. The van der Waals surface area contributed by atoms with Gasteiger partial charge in [0.1, 0.15) is 0 Å². The van der Waals surface area contributed by atoms with Gasteiger partial charge in [0, 0.05) is 23.8 Å². The third-order valence-corrected chi connectivity index (χ3v) is 5.62. The summed E-state index contributed by atoms with van der Waals surface area (Å²) < 4.78 is 11.0. The molecule has 1 N–H and O–H groups in total. The molecule has 0 amide bonds. The van der Waals surface area contributed by atoms with Gasteiger partial charge in [0.2, 0.25) is 0 Å². The fourth-order valence-corrected chi connectivity index (χ4v) is 4.32. The van der Waals surface area contributed by atoms with Gasteiger partial charge in [-0.3, -0.25) is 0 Å². The van der Waals surface area contributed by atoms with Crippen LogP contribution in [0.1, 0.15) is 57.6 Å². The topological polar surface area (TPSA) is 71.3 Å². The van der Waals surface area contributed by atoms with Gasteiger partial charge >= 0.3 is 5.97 Å².